The summed E-state index contributed by atoms with van der Waals surface area (Å²) in [6.45, 7) is 4.26. The van der Waals surface area contributed by atoms with E-state index < -0.39 is 22.5 Å². The third kappa shape index (κ3) is 5.29. The molecule has 0 radical (unpaired) electrons. The molecule has 4 rings (SSSR count). The molecule has 3 aromatic rings. The summed E-state index contributed by atoms with van der Waals surface area (Å²) in [4.78, 5) is 13.1. The number of sulfonamides is 1. The molecule has 1 atom stereocenters. The molecule has 178 valence electrons. The highest BCUT2D eigenvalue weighted by atomic mass is 35.5. The van der Waals surface area contributed by atoms with Crippen molar-refractivity contribution in [2.75, 3.05) is 24.1 Å². The van der Waals surface area contributed by atoms with Crippen LogP contribution in [0.3, 0.4) is 0 Å². The zero-order valence-corrected chi connectivity index (χ0v) is 20.4. The molecule has 0 aliphatic carbocycles. The molecular weight excluding hydrogens is 476 g/mol. The summed E-state index contributed by atoms with van der Waals surface area (Å²) < 4.78 is 39.2. The quantitative estimate of drug-likeness (QED) is 0.516. The minimum atomic E-state index is -4.00. The van der Waals surface area contributed by atoms with Crippen LogP contribution < -0.4 is 19.1 Å². The van der Waals surface area contributed by atoms with Gasteiger partial charge in [0.25, 0.3) is 10.0 Å². The lowest BCUT2D eigenvalue weighted by Crippen LogP contribution is -2.41. The number of anilines is 1. The van der Waals surface area contributed by atoms with Gasteiger partial charge in [0.05, 0.1) is 16.6 Å². The first-order chi connectivity index (χ1) is 16.2. The summed E-state index contributed by atoms with van der Waals surface area (Å²) in [5, 5.41) is 3.35. The standard InChI is InChI=1S/C25H25ClN2O5S/c1-17-3-10-22(11-4-17)34(30,31)28(21-8-6-20(26)7-9-21)16-25(29)27-18(2)19-5-12-23-24(15-19)33-14-13-32-23/h3-12,15,18H,13-14,16H2,1-2H3,(H,27,29). The summed E-state index contributed by atoms with van der Waals surface area (Å²) in [7, 11) is -4.00. The van der Waals surface area contributed by atoms with Gasteiger partial charge in [0.2, 0.25) is 5.91 Å². The number of benzene rings is 3. The van der Waals surface area contributed by atoms with Gasteiger partial charge in [0.15, 0.2) is 11.5 Å². The van der Waals surface area contributed by atoms with Gasteiger partial charge in [-0.15, -0.1) is 0 Å². The highest BCUT2D eigenvalue weighted by Gasteiger charge is 2.28. The molecule has 9 heteroatoms. The Labute approximate surface area is 204 Å². The minimum Gasteiger partial charge on any atom is -0.486 e. The van der Waals surface area contributed by atoms with Gasteiger partial charge < -0.3 is 14.8 Å². The van der Waals surface area contributed by atoms with Crippen molar-refractivity contribution < 1.29 is 22.7 Å². The summed E-state index contributed by atoms with van der Waals surface area (Å²) in [5.41, 5.74) is 2.09. The largest absolute Gasteiger partial charge is 0.486 e. The smallest absolute Gasteiger partial charge is 0.264 e. The van der Waals surface area contributed by atoms with Gasteiger partial charge >= 0.3 is 0 Å². The first-order valence-electron chi connectivity index (χ1n) is 10.8. The van der Waals surface area contributed by atoms with Crippen LogP contribution in [0.4, 0.5) is 5.69 Å². The van der Waals surface area contributed by atoms with E-state index in [2.05, 4.69) is 5.32 Å². The Morgan fingerprint density at radius 3 is 2.32 bits per heavy atom. The van der Waals surface area contributed by atoms with Gasteiger partial charge in [-0.3, -0.25) is 9.10 Å². The van der Waals surface area contributed by atoms with Crippen LogP contribution in [0.1, 0.15) is 24.1 Å². The van der Waals surface area contributed by atoms with E-state index in [1.807, 2.05) is 26.0 Å². The zero-order chi connectivity index (χ0) is 24.3. The topological polar surface area (TPSA) is 84.9 Å². The minimum absolute atomic E-state index is 0.0979. The average molecular weight is 501 g/mol. The van der Waals surface area contributed by atoms with Crippen molar-refractivity contribution in [3.05, 3.63) is 82.9 Å². The SMILES string of the molecule is Cc1ccc(S(=O)(=O)N(CC(=O)NC(C)c2ccc3c(c2)OCCO3)c2ccc(Cl)cc2)cc1. The van der Waals surface area contributed by atoms with Crippen molar-refractivity contribution in [2.45, 2.75) is 24.8 Å². The Morgan fingerprint density at radius 2 is 1.65 bits per heavy atom. The van der Waals surface area contributed by atoms with Crippen molar-refractivity contribution in [3.63, 3.8) is 0 Å². The lowest BCUT2D eigenvalue weighted by Gasteiger charge is -2.25. The molecule has 0 spiro atoms. The fourth-order valence-electron chi connectivity index (χ4n) is 3.59. The Hall–Kier alpha value is -3.23. The molecule has 1 N–H and O–H groups in total. The molecule has 7 nitrogen and oxygen atoms in total. The molecule has 0 bridgehead atoms. The van der Waals surface area contributed by atoms with Crippen LogP contribution in [0.25, 0.3) is 0 Å². The predicted octanol–water partition coefficient (Wildman–Crippen LogP) is 4.49. The fourth-order valence-corrected chi connectivity index (χ4v) is 5.14. The van der Waals surface area contributed by atoms with E-state index in [4.69, 9.17) is 21.1 Å². The average Bonchev–Trinajstić information content (AvgIpc) is 2.83. The lowest BCUT2D eigenvalue weighted by molar-refractivity contribution is -0.120. The maximum Gasteiger partial charge on any atom is 0.264 e. The van der Waals surface area contributed by atoms with Crippen LogP contribution in [0.15, 0.2) is 71.6 Å². The number of hydrogen-bond acceptors (Lipinski definition) is 5. The van der Waals surface area contributed by atoms with E-state index in [0.29, 0.717) is 35.4 Å². The zero-order valence-electron chi connectivity index (χ0n) is 18.8. The number of carbonyl (C=O) groups is 1. The molecule has 1 amide bonds. The van der Waals surface area contributed by atoms with Gasteiger partial charge in [0.1, 0.15) is 19.8 Å². The molecule has 0 fully saturated rings. The number of hydrogen-bond donors (Lipinski definition) is 1. The Bertz CT molecular complexity index is 1280. The van der Waals surface area contributed by atoms with Crippen LogP contribution in [0.5, 0.6) is 11.5 Å². The molecule has 3 aromatic carbocycles. The predicted molar refractivity (Wildman–Crippen MR) is 131 cm³/mol. The van der Waals surface area contributed by atoms with Crippen LogP contribution in [-0.2, 0) is 14.8 Å². The maximum absolute atomic E-state index is 13.5. The molecule has 0 saturated carbocycles. The maximum atomic E-state index is 13.5. The molecule has 1 aliphatic rings. The number of carbonyl (C=O) groups excluding carboxylic acids is 1. The lowest BCUT2D eigenvalue weighted by atomic mass is 10.1. The molecule has 0 saturated heterocycles. The molecule has 0 aromatic heterocycles. The number of fused-ring (bicyclic) bond motifs is 1. The highest BCUT2D eigenvalue weighted by Crippen LogP contribution is 2.32. The van der Waals surface area contributed by atoms with E-state index in [1.165, 1.54) is 12.1 Å². The van der Waals surface area contributed by atoms with Crippen molar-refractivity contribution in [3.8, 4) is 11.5 Å². The van der Waals surface area contributed by atoms with Crippen molar-refractivity contribution in [1.29, 1.82) is 0 Å². The number of nitrogens with one attached hydrogen (secondary N) is 1. The van der Waals surface area contributed by atoms with Crippen LogP contribution in [0, 0.1) is 6.92 Å². The Balaban J connectivity index is 1.56. The first-order valence-corrected chi connectivity index (χ1v) is 12.6. The highest BCUT2D eigenvalue weighted by molar-refractivity contribution is 7.92. The number of ether oxygens (including phenoxy) is 2. The van der Waals surface area contributed by atoms with E-state index in [9.17, 15) is 13.2 Å². The number of halogens is 1. The van der Waals surface area contributed by atoms with Gasteiger partial charge in [-0.1, -0.05) is 35.4 Å². The van der Waals surface area contributed by atoms with E-state index in [1.54, 1.807) is 42.5 Å². The third-order valence-electron chi connectivity index (χ3n) is 5.45. The van der Waals surface area contributed by atoms with E-state index in [0.717, 1.165) is 15.4 Å². The number of amides is 1. The first kappa shape index (κ1) is 23.9. The van der Waals surface area contributed by atoms with E-state index >= 15 is 0 Å². The summed E-state index contributed by atoms with van der Waals surface area (Å²) >= 11 is 5.99. The van der Waals surface area contributed by atoms with Crippen LogP contribution in [-0.4, -0.2) is 34.1 Å². The Morgan fingerprint density at radius 1 is 1.00 bits per heavy atom. The van der Waals surface area contributed by atoms with Crippen LogP contribution >= 0.6 is 11.6 Å². The van der Waals surface area contributed by atoms with Gasteiger partial charge in [-0.05, 0) is 67.9 Å². The Kier molecular flexibility index (Phi) is 7.00. The second-order valence-corrected chi connectivity index (χ2v) is 10.3. The second kappa shape index (κ2) is 9.95. The number of aryl methyl sites for hydroxylation is 1. The monoisotopic (exact) mass is 500 g/mol. The van der Waals surface area contributed by atoms with Gasteiger partial charge in [0, 0.05) is 5.02 Å². The molecular formula is C25H25ClN2O5S. The van der Waals surface area contributed by atoms with Crippen molar-refractivity contribution >= 4 is 33.2 Å². The van der Waals surface area contributed by atoms with Crippen LogP contribution in [0.2, 0.25) is 5.02 Å². The number of rotatable bonds is 7. The van der Waals surface area contributed by atoms with Crippen molar-refractivity contribution in [2.24, 2.45) is 0 Å². The fraction of sp³-hybridized carbons (Fsp3) is 0.240. The van der Waals surface area contributed by atoms with Crippen molar-refractivity contribution in [1.82, 2.24) is 5.32 Å². The summed E-state index contributed by atoms with van der Waals surface area (Å²) in [5.74, 6) is 0.828. The van der Waals surface area contributed by atoms with E-state index in [-0.39, 0.29) is 10.9 Å². The molecule has 1 unspecified atom stereocenters. The normalized spacial score (nSPS) is 13.7. The van der Waals surface area contributed by atoms with Gasteiger partial charge in [-0.2, -0.15) is 0 Å². The molecule has 34 heavy (non-hydrogen) atoms. The molecule has 1 heterocycles. The molecule has 1 aliphatic heterocycles. The number of nitrogens with zero attached hydrogens (tertiary/aromatic N) is 1. The second-order valence-electron chi connectivity index (χ2n) is 7.99. The summed E-state index contributed by atoms with van der Waals surface area (Å²) in [6.07, 6.45) is 0. The van der Waals surface area contributed by atoms with Gasteiger partial charge in [-0.25, -0.2) is 8.42 Å². The third-order valence-corrected chi connectivity index (χ3v) is 7.49. The summed E-state index contributed by atoms with van der Waals surface area (Å²) in [6, 6.07) is 17.9.